The Hall–Kier alpha value is -1.65. The van der Waals surface area contributed by atoms with Crippen molar-refractivity contribution >= 4 is 5.91 Å². The van der Waals surface area contributed by atoms with E-state index in [1.54, 1.807) is 0 Å². The summed E-state index contributed by atoms with van der Waals surface area (Å²) in [6, 6.07) is 8.10. The Labute approximate surface area is 120 Å². The van der Waals surface area contributed by atoms with Crippen LogP contribution in [0.15, 0.2) is 36.4 Å². The largest absolute Gasteiger partial charge is 0.375 e. The zero-order valence-corrected chi connectivity index (χ0v) is 11.9. The molecule has 1 aliphatic rings. The number of rotatable bonds is 6. The minimum Gasteiger partial charge on any atom is -0.375 e. The Morgan fingerprint density at radius 1 is 1.50 bits per heavy atom. The number of benzene rings is 1. The number of amides is 1. The number of fused-ring (bicyclic) bond motifs is 1. The zero-order chi connectivity index (χ0) is 14.4. The highest BCUT2D eigenvalue weighted by Gasteiger charge is 2.25. The number of carbonyl (C=O) groups excluding carboxylic acids is 1. The minimum absolute atomic E-state index is 0.0589. The molecule has 1 heterocycles. The summed E-state index contributed by atoms with van der Waals surface area (Å²) in [6.45, 7) is 8.80. The monoisotopic (exact) mass is 274 g/mol. The molecule has 20 heavy (non-hydrogen) atoms. The molecule has 0 aliphatic carbocycles. The van der Waals surface area contributed by atoms with E-state index in [1.807, 2.05) is 25.1 Å². The molecule has 0 aromatic heterocycles. The van der Waals surface area contributed by atoms with Gasteiger partial charge >= 0.3 is 0 Å². The highest BCUT2D eigenvalue weighted by molar-refractivity contribution is 5.84. The molecule has 4 heteroatoms. The molecule has 1 aliphatic heterocycles. The van der Waals surface area contributed by atoms with E-state index in [9.17, 15) is 4.79 Å². The van der Waals surface area contributed by atoms with Gasteiger partial charge in [-0.05, 0) is 18.1 Å². The minimum atomic E-state index is -0.110. The van der Waals surface area contributed by atoms with Crippen molar-refractivity contribution in [2.75, 3.05) is 26.3 Å². The second-order valence-corrected chi connectivity index (χ2v) is 5.18. The molecule has 1 atom stereocenters. The van der Waals surface area contributed by atoms with Gasteiger partial charge in [0.05, 0.1) is 19.1 Å². The van der Waals surface area contributed by atoms with Gasteiger partial charge in [-0.25, -0.2) is 0 Å². The molecule has 1 aromatic rings. The molecule has 0 saturated heterocycles. The van der Waals surface area contributed by atoms with Crippen LogP contribution in [0.4, 0.5) is 0 Å². The molecule has 0 bridgehead atoms. The average Bonchev–Trinajstić information content (AvgIpc) is 2.45. The molecule has 1 aromatic carbocycles. The van der Waals surface area contributed by atoms with Crippen molar-refractivity contribution in [3.05, 3.63) is 47.5 Å². The number of hydrogen-bond acceptors (Lipinski definition) is 3. The smallest absolute Gasteiger partial charge is 0.228 e. The van der Waals surface area contributed by atoms with Gasteiger partial charge in [0, 0.05) is 19.6 Å². The van der Waals surface area contributed by atoms with Crippen LogP contribution in [-0.4, -0.2) is 32.2 Å². The van der Waals surface area contributed by atoms with E-state index in [-0.39, 0.29) is 11.8 Å². The average molecular weight is 274 g/mol. The molecule has 1 unspecified atom stereocenters. The van der Waals surface area contributed by atoms with Crippen LogP contribution in [0, 0.1) is 0 Å². The van der Waals surface area contributed by atoms with Crippen molar-refractivity contribution in [1.82, 2.24) is 10.6 Å². The molecule has 0 spiro atoms. The van der Waals surface area contributed by atoms with Crippen LogP contribution in [0.1, 0.15) is 24.0 Å². The van der Waals surface area contributed by atoms with Crippen LogP contribution in [-0.2, 0) is 16.1 Å². The number of hydrogen-bond donors (Lipinski definition) is 2. The van der Waals surface area contributed by atoms with Gasteiger partial charge in [-0.2, -0.15) is 0 Å². The highest BCUT2D eigenvalue weighted by Crippen LogP contribution is 2.23. The maximum atomic E-state index is 12.2. The summed E-state index contributed by atoms with van der Waals surface area (Å²) < 4.78 is 5.37. The quantitative estimate of drug-likeness (QED) is 0.612. The Morgan fingerprint density at radius 2 is 2.30 bits per heavy atom. The van der Waals surface area contributed by atoms with Gasteiger partial charge in [0.15, 0.2) is 0 Å². The van der Waals surface area contributed by atoms with Gasteiger partial charge in [0.25, 0.3) is 0 Å². The number of carbonyl (C=O) groups is 1. The topological polar surface area (TPSA) is 50.4 Å². The van der Waals surface area contributed by atoms with Crippen molar-refractivity contribution in [2.45, 2.75) is 19.4 Å². The van der Waals surface area contributed by atoms with Gasteiger partial charge in [-0.1, -0.05) is 36.4 Å². The van der Waals surface area contributed by atoms with Crippen molar-refractivity contribution < 1.29 is 9.53 Å². The van der Waals surface area contributed by atoms with Crippen molar-refractivity contribution in [3.8, 4) is 0 Å². The lowest BCUT2D eigenvalue weighted by Gasteiger charge is -2.25. The predicted molar refractivity (Wildman–Crippen MR) is 79.5 cm³/mol. The van der Waals surface area contributed by atoms with E-state index in [0.717, 1.165) is 17.7 Å². The molecule has 0 radical (unpaired) electrons. The molecule has 1 amide bonds. The summed E-state index contributed by atoms with van der Waals surface area (Å²) in [5, 5.41) is 6.22. The fourth-order valence-corrected chi connectivity index (χ4v) is 2.35. The van der Waals surface area contributed by atoms with Crippen molar-refractivity contribution in [1.29, 1.82) is 0 Å². The van der Waals surface area contributed by atoms with Crippen molar-refractivity contribution in [3.63, 3.8) is 0 Å². The van der Waals surface area contributed by atoms with Crippen LogP contribution < -0.4 is 10.6 Å². The van der Waals surface area contributed by atoms with E-state index in [4.69, 9.17) is 4.74 Å². The summed E-state index contributed by atoms with van der Waals surface area (Å²) in [7, 11) is 0. The maximum Gasteiger partial charge on any atom is 0.228 e. The standard InChI is InChI=1S/C16H22N2O2/c1-12(2)11-20-8-7-18-16(19)15-10-17-9-13-5-3-4-6-14(13)15/h3-6,15,17H,1,7-11H2,2H3,(H,18,19). The van der Waals surface area contributed by atoms with Gasteiger partial charge in [0.2, 0.25) is 5.91 Å². The molecular formula is C16H22N2O2. The fourth-order valence-electron chi connectivity index (χ4n) is 2.35. The van der Waals surface area contributed by atoms with E-state index in [2.05, 4.69) is 23.3 Å². The van der Waals surface area contributed by atoms with Gasteiger partial charge in [-0.3, -0.25) is 4.79 Å². The van der Waals surface area contributed by atoms with Crippen LogP contribution in [0.3, 0.4) is 0 Å². The third kappa shape index (κ3) is 3.92. The maximum absolute atomic E-state index is 12.2. The second kappa shape index (κ2) is 7.22. The van der Waals surface area contributed by atoms with Gasteiger partial charge in [-0.15, -0.1) is 0 Å². The first kappa shape index (κ1) is 14.8. The summed E-state index contributed by atoms with van der Waals surface area (Å²) in [6.07, 6.45) is 0. The van der Waals surface area contributed by atoms with E-state index >= 15 is 0 Å². The molecule has 2 N–H and O–H groups in total. The lowest BCUT2D eigenvalue weighted by molar-refractivity contribution is -0.122. The third-order valence-corrected chi connectivity index (χ3v) is 3.31. The lowest BCUT2D eigenvalue weighted by Crippen LogP contribution is -2.39. The van der Waals surface area contributed by atoms with E-state index < -0.39 is 0 Å². The summed E-state index contributed by atoms with van der Waals surface area (Å²) >= 11 is 0. The molecule has 0 fully saturated rings. The normalized spacial score (nSPS) is 17.4. The second-order valence-electron chi connectivity index (χ2n) is 5.18. The van der Waals surface area contributed by atoms with Gasteiger partial charge < -0.3 is 15.4 Å². The predicted octanol–water partition coefficient (Wildman–Crippen LogP) is 1.58. The first-order valence-electron chi connectivity index (χ1n) is 6.97. The van der Waals surface area contributed by atoms with E-state index in [0.29, 0.717) is 26.3 Å². The lowest BCUT2D eigenvalue weighted by atomic mass is 9.90. The molecule has 2 rings (SSSR count). The Balaban J connectivity index is 1.83. The highest BCUT2D eigenvalue weighted by atomic mass is 16.5. The van der Waals surface area contributed by atoms with E-state index in [1.165, 1.54) is 5.56 Å². The summed E-state index contributed by atoms with van der Waals surface area (Å²) in [4.78, 5) is 12.2. The SMILES string of the molecule is C=C(C)COCCNC(=O)C1CNCc2ccccc21. The first-order chi connectivity index (χ1) is 9.68. The molecule has 108 valence electrons. The summed E-state index contributed by atoms with van der Waals surface area (Å²) in [5.41, 5.74) is 3.32. The fraction of sp³-hybridized carbons (Fsp3) is 0.438. The molecule has 0 saturated carbocycles. The Bertz CT molecular complexity index is 485. The van der Waals surface area contributed by atoms with Crippen LogP contribution in [0.2, 0.25) is 0 Å². The molecule has 4 nitrogen and oxygen atoms in total. The Morgan fingerprint density at radius 3 is 3.10 bits per heavy atom. The van der Waals surface area contributed by atoms with Crippen LogP contribution in [0.25, 0.3) is 0 Å². The summed E-state index contributed by atoms with van der Waals surface area (Å²) in [5.74, 6) is -0.0512. The van der Waals surface area contributed by atoms with Crippen LogP contribution >= 0.6 is 0 Å². The first-order valence-corrected chi connectivity index (χ1v) is 6.97. The van der Waals surface area contributed by atoms with Crippen molar-refractivity contribution in [2.24, 2.45) is 0 Å². The molecular weight excluding hydrogens is 252 g/mol. The number of ether oxygens (including phenoxy) is 1. The van der Waals surface area contributed by atoms with Crippen LogP contribution in [0.5, 0.6) is 0 Å². The van der Waals surface area contributed by atoms with Gasteiger partial charge in [0.1, 0.15) is 0 Å². The zero-order valence-electron chi connectivity index (χ0n) is 11.9. The third-order valence-electron chi connectivity index (χ3n) is 3.31. The number of nitrogens with one attached hydrogen (secondary N) is 2. The Kier molecular flexibility index (Phi) is 5.32.